The minimum atomic E-state index is -0.163. The molecule has 2 aliphatic heterocycles. The number of rotatable bonds is 9. The molecule has 0 bridgehead atoms. The van der Waals surface area contributed by atoms with Gasteiger partial charge in [0.2, 0.25) is 5.56 Å². The number of morpholine rings is 1. The SMILES string of the molecule is O=CC(=NCCN1CCOCC1)Nc1ccc(-c2ccc(=O)[nH]c2)nc1NCC1CCOCC1. The van der Waals surface area contributed by atoms with Gasteiger partial charge in [0.05, 0.1) is 31.1 Å². The molecule has 0 radical (unpaired) electrons. The molecule has 10 heteroatoms. The molecule has 2 aromatic heterocycles. The number of aldehydes is 1. The van der Waals surface area contributed by atoms with Crippen molar-refractivity contribution >= 4 is 23.6 Å². The fraction of sp³-hybridized carbons (Fsp3) is 0.500. The summed E-state index contributed by atoms with van der Waals surface area (Å²) in [5, 5.41) is 6.59. The molecule has 0 atom stereocenters. The van der Waals surface area contributed by atoms with E-state index >= 15 is 0 Å². The molecule has 3 N–H and O–H groups in total. The van der Waals surface area contributed by atoms with Crippen molar-refractivity contribution < 1.29 is 14.3 Å². The van der Waals surface area contributed by atoms with E-state index in [1.807, 2.05) is 12.1 Å². The highest BCUT2D eigenvalue weighted by Gasteiger charge is 2.16. The van der Waals surface area contributed by atoms with Gasteiger partial charge >= 0.3 is 0 Å². The smallest absolute Gasteiger partial charge is 0.247 e. The summed E-state index contributed by atoms with van der Waals surface area (Å²) in [5.41, 5.74) is 2.03. The molecule has 0 spiro atoms. The van der Waals surface area contributed by atoms with Gasteiger partial charge in [-0.2, -0.15) is 0 Å². The zero-order chi connectivity index (χ0) is 23.6. The Balaban J connectivity index is 1.48. The maximum absolute atomic E-state index is 11.7. The number of ether oxygens (including phenoxy) is 2. The average molecular weight is 469 g/mol. The van der Waals surface area contributed by atoms with E-state index in [4.69, 9.17) is 14.5 Å². The van der Waals surface area contributed by atoms with Crippen molar-refractivity contribution in [2.75, 3.05) is 69.8 Å². The van der Waals surface area contributed by atoms with E-state index in [0.29, 0.717) is 29.7 Å². The Kier molecular flexibility index (Phi) is 8.78. The van der Waals surface area contributed by atoms with Gasteiger partial charge in [0.15, 0.2) is 17.9 Å². The van der Waals surface area contributed by atoms with E-state index in [0.717, 1.165) is 77.3 Å². The second kappa shape index (κ2) is 12.4. The van der Waals surface area contributed by atoms with Crippen LogP contribution in [0, 0.1) is 5.92 Å². The van der Waals surface area contributed by atoms with Crippen molar-refractivity contribution in [2.45, 2.75) is 12.8 Å². The van der Waals surface area contributed by atoms with Gasteiger partial charge in [-0.25, -0.2) is 4.98 Å². The highest BCUT2D eigenvalue weighted by Crippen LogP contribution is 2.26. The third kappa shape index (κ3) is 6.96. The fourth-order valence-electron chi connectivity index (χ4n) is 4.00. The van der Waals surface area contributed by atoms with Crippen molar-refractivity contribution in [3.63, 3.8) is 0 Å². The van der Waals surface area contributed by atoms with Crippen LogP contribution in [0.15, 0.2) is 40.2 Å². The first-order valence-corrected chi connectivity index (χ1v) is 11.8. The first kappa shape index (κ1) is 24.1. The Bertz CT molecular complexity index is 1010. The van der Waals surface area contributed by atoms with E-state index in [2.05, 4.69) is 25.5 Å². The van der Waals surface area contributed by atoms with Crippen LogP contribution in [0.4, 0.5) is 11.5 Å². The van der Waals surface area contributed by atoms with Crippen LogP contribution in [0.25, 0.3) is 11.3 Å². The third-order valence-corrected chi connectivity index (χ3v) is 6.05. The first-order chi connectivity index (χ1) is 16.7. The normalized spacial score (nSPS) is 17.9. The molecule has 182 valence electrons. The van der Waals surface area contributed by atoms with Gasteiger partial charge in [-0.1, -0.05) is 0 Å². The maximum Gasteiger partial charge on any atom is 0.247 e. The predicted octanol–water partition coefficient (Wildman–Crippen LogP) is 1.62. The Morgan fingerprint density at radius 3 is 2.68 bits per heavy atom. The lowest BCUT2D eigenvalue weighted by Crippen LogP contribution is -2.38. The number of carbonyl (C=O) groups excluding carboxylic acids is 1. The van der Waals surface area contributed by atoms with E-state index < -0.39 is 0 Å². The van der Waals surface area contributed by atoms with Crippen LogP contribution in [-0.4, -0.2) is 86.1 Å². The van der Waals surface area contributed by atoms with E-state index in [1.54, 1.807) is 12.3 Å². The monoisotopic (exact) mass is 468 g/mol. The van der Waals surface area contributed by atoms with Gasteiger partial charge in [-0.3, -0.25) is 19.5 Å². The van der Waals surface area contributed by atoms with Crippen molar-refractivity contribution in [3.05, 3.63) is 40.8 Å². The molecule has 0 aromatic carbocycles. The number of hydrogen-bond donors (Lipinski definition) is 3. The summed E-state index contributed by atoms with van der Waals surface area (Å²) in [7, 11) is 0. The van der Waals surface area contributed by atoms with Gasteiger partial charge in [0, 0.05) is 57.2 Å². The summed E-state index contributed by atoms with van der Waals surface area (Å²) < 4.78 is 10.8. The van der Waals surface area contributed by atoms with Crippen LogP contribution in [0.5, 0.6) is 0 Å². The molecule has 2 saturated heterocycles. The average Bonchev–Trinajstić information content (AvgIpc) is 2.89. The lowest BCUT2D eigenvalue weighted by Gasteiger charge is -2.25. The molecule has 34 heavy (non-hydrogen) atoms. The predicted molar refractivity (Wildman–Crippen MR) is 132 cm³/mol. The highest BCUT2D eigenvalue weighted by atomic mass is 16.5. The molecule has 4 rings (SSSR count). The summed E-state index contributed by atoms with van der Waals surface area (Å²) in [6.07, 6.45) is 4.37. The molecule has 0 amide bonds. The Hall–Kier alpha value is -3.08. The quantitative estimate of drug-likeness (QED) is 0.288. The summed E-state index contributed by atoms with van der Waals surface area (Å²) in [5.74, 6) is 1.40. The summed E-state index contributed by atoms with van der Waals surface area (Å²) in [4.78, 5) is 37.3. The minimum absolute atomic E-state index is 0.163. The van der Waals surface area contributed by atoms with Gasteiger partial charge < -0.3 is 25.1 Å². The Morgan fingerprint density at radius 2 is 1.94 bits per heavy atom. The van der Waals surface area contributed by atoms with Crippen LogP contribution < -0.4 is 16.2 Å². The standard InChI is InChI=1S/C24H32N6O4/c31-17-22(25-7-8-30-9-13-34-14-10-30)28-21-3-2-20(19-1-4-23(32)26-16-19)29-24(21)27-15-18-5-11-33-12-6-18/h1-4,16-18H,5-15H2,(H,25,28)(H,26,32)(H,27,29). The number of aromatic amines is 1. The van der Waals surface area contributed by atoms with Crippen LogP contribution >= 0.6 is 0 Å². The van der Waals surface area contributed by atoms with Crippen molar-refractivity contribution in [3.8, 4) is 11.3 Å². The van der Waals surface area contributed by atoms with E-state index in [1.165, 1.54) is 6.07 Å². The largest absolute Gasteiger partial charge is 0.381 e. The second-order valence-corrected chi connectivity index (χ2v) is 8.43. The van der Waals surface area contributed by atoms with E-state index in [9.17, 15) is 9.59 Å². The van der Waals surface area contributed by atoms with Gasteiger partial charge in [0.1, 0.15) is 0 Å². The molecular formula is C24H32N6O4. The molecule has 0 saturated carbocycles. The summed E-state index contributed by atoms with van der Waals surface area (Å²) >= 11 is 0. The molecular weight excluding hydrogens is 436 g/mol. The van der Waals surface area contributed by atoms with Crippen molar-refractivity contribution in [1.82, 2.24) is 14.9 Å². The number of hydrogen-bond acceptors (Lipinski definition) is 8. The van der Waals surface area contributed by atoms with Crippen LogP contribution in [0.2, 0.25) is 0 Å². The molecule has 0 aliphatic carbocycles. The molecule has 4 heterocycles. The third-order valence-electron chi connectivity index (χ3n) is 6.05. The zero-order valence-electron chi connectivity index (χ0n) is 19.3. The van der Waals surface area contributed by atoms with Crippen LogP contribution in [-0.2, 0) is 14.3 Å². The zero-order valence-corrected chi connectivity index (χ0v) is 19.3. The molecule has 0 unspecified atom stereocenters. The Morgan fingerprint density at radius 1 is 1.15 bits per heavy atom. The highest BCUT2D eigenvalue weighted by molar-refractivity contribution is 6.33. The number of amidine groups is 1. The number of anilines is 2. The number of pyridine rings is 2. The molecule has 2 aliphatic rings. The lowest BCUT2D eigenvalue weighted by atomic mass is 10.0. The number of H-pyrrole nitrogens is 1. The van der Waals surface area contributed by atoms with E-state index in [-0.39, 0.29) is 11.4 Å². The maximum atomic E-state index is 11.7. The van der Waals surface area contributed by atoms with Crippen LogP contribution in [0.1, 0.15) is 12.8 Å². The van der Waals surface area contributed by atoms with Crippen LogP contribution in [0.3, 0.4) is 0 Å². The van der Waals surface area contributed by atoms with Gasteiger partial charge in [0.25, 0.3) is 0 Å². The number of aliphatic imine (C=N–C) groups is 1. The topological polar surface area (TPSA) is 121 Å². The number of nitrogens with zero attached hydrogens (tertiary/aromatic N) is 3. The summed E-state index contributed by atoms with van der Waals surface area (Å²) in [6.45, 7) is 6.84. The van der Waals surface area contributed by atoms with Gasteiger partial charge in [-0.05, 0) is 37.0 Å². The molecule has 2 fully saturated rings. The van der Waals surface area contributed by atoms with Crippen molar-refractivity contribution in [2.24, 2.45) is 10.9 Å². The summed E-state index contributed by atoms with van der Waals surface area (Å²) in [6, 6.07) is 6.94. The minimum Gasteiger partial charge on any atom is -0.381 e. The fourth-order valence-corrected chi connectivity index (χ4v) is 4.00. The number of aromatic nitrogens is 2. The molecule has 2 aromatic rings. The second-order valence-electron chi connectivity index (χ2n) is 8.43. The van der Waals surface area contributed by atoms with Crippen molar-refractivity contribution in [1.29, 1.82) is 0 Å². The number of carbonyl (C=O) groups is 1. The van der Waals surface area contributed by atoms with Gasteiger partial charge in [-0.15, -0.1) is 0 Å². The Labute approximate surface area is 198 Å². The molecule has 10 nitrogen and oxygen atoms in total. The number of nitrogens with one attached hydrogen (secondary N) is 3. The first-order valence-electron chi connectivity index (χ1n) is 11.8. The lowest BCUT2D eigenvalue weighted by molar-refractivity contribution is -0.102.